The van der Waals surface area contributed by atoms with E-state index in [0.29, 0.717) is 22.6 Å². The summed E-state index contributed by atoms with van der Waals surface area (Å²) in [4.78, 5) is 4.14. The number of nitrogens with two attached hydrogens (primary N) is 1. The molecule has 1 atom stereocenters. The smallest absolute Gasteiger partial charge is 0.218 e. The molecular weight excluding hydrogens is 273 g/mol. The summed E-state index contributed by atoms with van der Waals surface area (Å²) in [7, 11) is 1.54. The number of halogens is 1. The molecule has 0 aliphatic carbocycles. The molecule has 0 bridgehead atoms. The van der Waals surface area contributed by atoms with Crippen LogP contribution in [0.2, 0.25) is 0 Å². The first-order valence-electron chi connectivity index (χ1n) is 6.37. The molecule has 2 aromatic heterocycles. The number of fused-ring (bicyclic) bond motifs is 1. The van der Waals surface area contributed by atoms with Crippen LogP contribution >= 0.6 is 0 Å². The van der Waals surface area contributed by atoms with Gasteiger partial charge in [0.2, 0.25) is 5.88 Å². The first kappa shape index (κ1) is 13.5. The SMILES string of the molecule is COc1ncccc1C(NN)c1cc2cc(F)ccc2o1. The van der Waals surface area contributed by atoms with E-state index < -0.39 is 6.04 Å². The van der Waals surface area contributed by atoms with Gasteiger partial charge in [0, 0.05) is 17.1 Å². The van der Waals surface area contributed by atoms with Crippen LogP contribution in [-0.4, -0.2) is 12.1 Å². The molecular formula is C15H14FN3O2. The number of benzene rings is 1. The van der Waals surface area contributed by atoms with Crippen LogP contribution in [0, 0.1) is 5.82 Å². The van der Waals surface area contributed by atoms with E-state index in [-0.39, 0.29) is 5.82 Å². The third kappa shape index (κ3) is 2.46. The van der Waals surface area contributed by atoms with E-state index in [0.717, 1.165) is 5.56 Å². The number of aromatic nitrogens is 1. The molecule has 21 heavy (non-hydrogen) atoms. The van der Waals surface area contributed by atoms with Crippen molar-refractivity contribution in [1.82, 2.24) is 10.4 Å². The Balaban J connectivity index is 2.09. The van der Waals surface area contributed by atoms with Gasteiger partial charge in [0.25, 0.3) is 0 Å². The molecule has 0 radical (unpaired) electrons. The summed E-state index contributed by atoms with van der Waals surface area (Å²) in [5, 5.41) is 0.674. The van der Waals surface area contributed by atoms with Crippen molar-refractivity contribution in [2.45, 2.75) is 6.04 Å². The molecule has 0 saturated heterocycles. The molecule has 2 heterocycles. The van der Waals surface area contributed by atoms with Crippen LogP contribution in [-0.2, 0) is 0 Å². The topological polar surface area (TPSA) is 73.3 Å². The Morgan fingerprint density at radius 2 is 2.19 bits per heavy atom. The molecule has 0 saturated carbocycles. The van der Waals surface area contributed by atoms with E-state index in [9.17, 15) is 4.39 Å². The molecule has 0 amide bonds. The van der Waals surface area contributed by atoms with Gasteiger partial charge in [-0.2, -0.15) is 0 Å². The summed E-state index contributed by atoms with van der Waals surface area (Å²) in [5.74, 6) is 6.34. The molecule has 3 N–H and O–H groups in total. The minimum atomic E-state index is -0.441. The van der Waals surface area contributed by atoms with Gasteiger partial charge in [0.15, 0.2) is 0 Å². The van der Waals surface area contributed by atoms with Gasteiger partial charge in [-0.15, -0.1) is 0 Å². The highest BCUT2D eigenvalue weighted by atomic mass is 19.1. The molecule has 0 fully saturated rings. The number of hydrazine groups is 1. The van der Waals surface area contributed by atoms with E-state index in [1.165, 1.54) is 19.2 Å². The predicted molar refractivity (Wildman–Crippen MR) is 76.1 cm³/mol. The Morgan fingerprint density at radius 1 is 1.33 bits per heavy atom. The second-order valence-electron chi connectivity index (χ2n) is 4.53. The molecule has 3 aromatic rings. The molecule has 0 spiro atoms. The van der Waals surface area contributed by atoms with Gasteiger partial charge in [-0.05, 0) is 36.4 Å². The lowest BCUT2D eigenvalue weighted by Gasteiger charge is -2.15. The molecule has 5 nitrogen and oxygen atoms in total. The number of furan rings is 1. The molecule has 108 valence electrons. The van der Waals surface area contributed by atoms with Crippen LogP contribution in [0.15, 0.2) is 47.0 Å². The standard InChI is InChI=1S/C15H14FN3O2/c1-20-15-11(3-2-6-18-15)14(19-17)13-8-9-7-10(16)4-5-12(9)21-13/h2-8,14,19H,17H2,1H3. The maximum Gasteiger partial charge on any atom is 0.218 e. The normalized spacial score (nSPS) is 12.5. The number of hydrogen-bond acceptors (Lipinski definition) is 5. The van der Waals surface area contributed by atoms with Crippen molar-refractivity contribution in [1.29, 1.82) is 0 Å². The second-order valence-corrected chi connectivity index (χ2v) is 4.53. The first-order chi connectivity index (χ1) is 10.2. The number of hydrogen-bond donors (Lipinski definition) is 2. The highest BCUT2D eigenvalue weighted by Crippen LogP contribution is 2.31. The summed E-state index contributed by atoms with van der Waals surface area (Å²) in [6, 6.07) is 9.28. The first-order valence-corrected chi connectivity index (χ1v) is 6.37. The maximum absolute atomic E-state index is 13.3. The highest BCUT2D eigenvalue weighted by Gasteiger charge is 2.21. The van der Waals surface area contributed by atoms with Crippen LogP contribution in [0.3, 0.4) is 0 Å². The van der Waals surface area contributed by atoms with E-state index in [1.807, 2.05) is 6.07 Å². The minimum absolute atomic E-state index is 0.314. The Morgan fingerprint density at radius 3 is 2.95 bits per heavy atom. The van der Waals surface area contributed by atoms with Crippen molar-refractivity contribution in [3.05, 3.63) is 59.7 Å². The number of methoxy groups -OCH3 is 1. The zero-order valence-electron chi connectivity index (χ0n) is 11.3. The van der Waals surface area contributed by atoms with Gasteiger partial charge in [-0.25, -0.2) is 14.8 Å². The second kappa shape index (κ2) is 5.51. The maximum atomic E-state index is 13.3. The van der Waals surface area contributed by atoms with Crippen molar-refractivity contribution in [2.24, 2.45) is 5.84 Å². The third-order valence-corrected chi connectivity index (χ3v) is 3.25. The Labute approximate surface area is 120 Å². The van der Waals surface area contributed by atoms with Gasteiger partial charge >= 0.3 is 0 Å². The van der Waals surface area contributed by atoms with E-state index >= 15 is 0 Å². The van der Waals surface area contributed by atoms with E-state index in [1.54, 1.807) is 24.4 Å². The lowest BCUT2D eigenvalue weighted by molar-refractivity contribution is 0.381. The van der Waals surface area contributed by atoms with Crippen molar-refractivity contribution in [3.63, 3.8) is 0 Å². The quantitative estimate of drug-likeness (QED) is 0.570. The zero-order valence-corrected chi connectivity index (χ0v) is 11.3. The molecule has 6 heteroatoms. The molecule has 0 aliphatic rings. The average Bonchev–Trinajstić information content (AvgIpc) is 2.91. The Kier molecular flexibility index (Phi) is 3.55. The van der Waals surface area contributed by atoms with Gasteiger partial charge < -0.3 is 9.15 Å². The monoisotopic (exact) mass is 287 g/mol. The fraction of sp³-hybridized carbons (Fsp3) is 0.133. The van der Waals surface area contributed by atoms with Crippen LogP contribution in [0.5, 0.6) is 5.88 Å². The van der Waals surface area contributed by atoms with Gasteiger partial charge in [0.1, 0.15) is 23.2 Å². The summed E-state index contributed by atoms with van der Waals surface area (Å²) in [6.07, 6.45) is 1.63. The summed E-state index contributed by atoms with van der Waals surface area (Å²) >= 11 is 0. The third-order valence-electron chi connectivity index (χ3n) is 3.25. The molecule has 3 rings (SSSR count). The molecule has 1 unspecified atom stereocenters. The lowest BCUT2D eigenvalue weighted by atomic mass is 10.1. The Hall–Kier alpha value is -2.44. The average molecular weight is 287 g/mol. The number of nitrogens with zero attached hydrogens (tertiary/aromatic N) is 1. The van der Waals surface area contributed by atoms with Crippen LogP contribution in [0.4, 0.5) is 4.39 Å². The molecule has 0 aliphatic heterocycles. The van der Waals surface area contributed by atoms with Crippen molar-refractivity contribution >= 4 is 11.0 Å². The fourth-order valence-electron chi connectivity index (χ4n) is 2.30. The fourth-order valence-corrected chi connectivity index (χ4v) is 2.30. The van der Waals surface area contributed by atoms with Gasteiger partial charge in [0.05, 0.1) is 7.11 Å². The highest BCUT2D eigenvalue weighted by molar-refractivity contribution is 5.78. The largest absolute Gasteiger partial charge is 0.481 e. The van der Waals surface area contributed by atoms with Gasteiger partial charge in [-0.3, -0.25) is 5.84 Å². The number of rotatable bonds is 4. The van der Waals surface area contributed by atoms with Crippen LogP contribution < -0.4 is 16.0 Å². The predicted octanol–water partition coefficient (Wildman–Crippen LogP) is 2.53. The number of ether oxygens (including phenoxy) is 1. The number of pyridine rings is 1. The van der Waals surface area contributed by atoms with Crippen LogP contribution in [0.25, 0.3) is 11.0 Å². The minimum Gasteiger partial charge on any atom is -0.481 e. The van der Waals surface area contributed by atoms with E-state index in [4.69, 9.17) is 15.0 Å². The van der Waals surface area contributed by atoms with Crippen LogP contribution in [0.1, 0.15) is 17.4 Å². The van der Waals surface area contributed by atoms with Crippen molar-refractivity contribution < 1.29 is 13.5 Å². The Bertz CT molecular complexity index is 772. The zero-order chi connectivity index (χ0) is 14.8. The summed E-state index contributed by atoms with van der Waals surface area (Å²) in [6.45, 7) is 0. The summed E-state index contributed by atoms with van der Waals surface area (Å²) in [5.41, 5.74) is 4.01. The van der Waals surface area contributed by atoms with E-state index in [2.05, 4.69) is 10.4 Å². The van der Waals surface area contributed by atoms with Crippen molar-refractivity contribution in [2.75, 3.05) is 7.11 Å². The lowest BCUT2D eigenvalue weighted by Crippen LogP contribution is -2.29. The van der Waals surface area contributed by atoms with Crippen molar-refractivity contribution in [3.8, 4) is 5.88 Å². The number of nitrogens with one attached hydrogen (secondary N) is 1. The van der Waals surface area contributed by atoms with Gasteiger partial charge in [-0.1, -0.05) is 0 Å². The summed E-state index contributed by atoms with van der Waals surface area (Å²) < 4.78 is 24.2. The molecule has 1 aromatic carbocycles.